The number of benzene rings is 2. The van der Waals surface area contributed by atoms with Crippen LogP contribution in [0.5, 0.6) is 0 Å². The van der Waals surface area contributed by atoms with Crippen molar-refractivity contribution in [2.24, 2.45) is 0 Å². The van der Waals surface area contributed by atoms with E-state index in [1.807, 2.05) is 30.3 Å². The second-order valence-electron chi connectivity index (χ2n) is 4.61. The predicted octanol–water partition coefficient (Wildman–Crippen LogP) is 4.05. The molecule has 0 unspecified atom stereocenters. The summed E-state index contributed by atoms with van der Waals surface area (Å²) in [5.74, 6) is 0. The molecule has 0 aliphatic carbocycles. The van der Waals surface area contributed by atoms with E-state index < -0.39 is 0 Å². The van der Waals surface area contributed by atoms with Crippen molar-refractivity contribution in [3.8, 4) is 11.1 Å². The zero-order valence-corrected chi connectivity index (χ0v) is 14.1. The summed E-state index contributed by atoms with van der Waals surface area (Å²) in [7, 11) is 0. The van der Waals surface area contributed by atoms with E-state index in [1.54, 1.807) is 12.4 Å². The average molecular weight is 343 g/mol. The minimum absolute atomic E-state index is 0. The van der Waals surface area contributed by atoms with Crippen LogP contribution in [0.2, 0.25) is 0 Å². The van der Waals surface area contributed by atoms with Gasteiger partial charge in [-0.25, -0.2) is 6.07 Å². The second-order valence-corrected chi connectivity index (χ2v) is 4.61. The maximum absolute atomic E-state index is 4.36. The van der Waals surface area contributed by atoms with Crippen LogP contribution >= 0.6 is 0 Å². The fraction of sp³-hybridized carbons (Fsp3) is 0. The minimum atomic E-state index is 0. The summed E-state index contributed by atoms with van der Waals surface area (Å²) in [5, 5.41) is 2.18. The quantitative estimate of drug-likeness (QED) is 0.488. The van der Waals surface area contributed by atoms with Crippen molar-refractivity contribution in [1.29, 1.82) is 0 Å². The molecule has 0 saturated carbocycles. The topological polar surface area (TPSA) is 25.8 Å². The Bertz CT molecular complexity index is 913. The van der Waals surface area contributed by atoms with Gasteiger partial charge in [0.25, 0.3) is 0 Å². The molecule has 0 N–H and O–H groups in total. The van der Waals surface area contributed by atoms with Crippen LogP contribution in [0.3, 0.4) is 0 Å². The molecule has 0 saturated heterocycles. The van der Waals surface area contributed by atoms with Gasteiger partial charge in [-0.2, -0.15) is 12.1 Å². The van der Waals surface area contributed by atoms with E-state index in [0.29, 0.717) is 0 Å². The third-order valence-corrected chi connectivity index (χ3v) is 3.38. The number of aromatic nitrogens is 2. The molecule has 4 rings (SSSR count). The molecule has 2 heterocycles. The van der Waals surface area contributed by atoms with Gasteiger partial charge in [0.15, 0.2) is 0 Å². The van der Waals surface area contributed by atoms with Gasteiger partial charge >= 0.3 is 0 Å². The Morgan fingerprint density at radius 3 is 2.71 bits per heavy atom. The van der Waals surface area contributed by atoms with Crippen molar-refractivity contribution in [1.82, 2.24) is 9.97 Å². The summed E-state index contributed by atoms with van der Waals surface area (Å²) in [5.41, 5.74) is 3.85. The summed E-state index contributed by atoms with van der Waals surface area (Å²) < 4.78 is 0. The molecule has 2 aromatic carbocycles. The van der Waals surface area contributed by atoms with Crippen LogP contribution in [0.25, 0.3) is 32.9 Å². The monoisotopic (exact) mass is 343 g/mol. The third kappa shape index (κ3) is 2.62. The van der Waals surface area contributed by atoms with Crippen molar-refractivity contribution < 1.29 is 32.7 Å². The molecule has 0 bridgehead atoms. The van der Waals surface area contributed by atoms with Crippen molar-refractivity contribution in [2.45, 2.75) is 0 Å². The molecule has 3 heteroatoms. The van der Waals surface area contributed by atoms with Gasteiger partial charge in [-0.15, -0.1) is 17.5 Å². The van der Waals surface area contributed by atoms with E-state index in [-0.39, 0.29) is 32.7 Å². The van der Waals surface area contributed by atoms with Crippen LogP contribution < -0.4 is 0 Å². The van der Waals surface area contributed by atoms with E-state index in [1.165, 1.54) is 0 Å². The maximum Gasteiger partial charge on any atom is 0.0247 e. The molecule has 97 valence electrons. The largest absolute Gasteiger partial charge is 0.285 e. The first kappa shape index (κ1) is 14.3. The first-order chi connectivity index (χ1) is 9.92. The molecule has 0 spiro atoms. The Morgan fingerprint density at radius 2 is 1.76 bits per heavy atom. The third-order valence-electron chi connectivity index (χ3n) is 3.38. The summed E-state index contributed by atoms with van der Waals surface area (Å²) in [4.78, 5) is 8.71. The van der Waals surface area contributed by atoms with Gasteiger partial charge in [0, 0.05) is 44.4 Å². The van der Waals surface area contributed by atoms with Crippen LogP contribution in [-0.4, -0.2) is 9.97 Å². The first-order valence-electron chi connectivity index (χ1n) is 6.45. The standard InChI is InChI=1S/C18H10N2.Y/c1-2-6-17-16(5-1)15(9-11-20-17)14-8-7-13-4-3-10-19-18(13)12-14;/h1-8,10-11H;/q-2;. The van der Waals surface area contributed by atoms with Gasteiger partial charge in [-0.05, 0) is 17.8 Å². The van der Waals surface area contributed by atoms with E-state index in [4.69, 9.17) is 0 Å². The van der Waals surface area contributed by atoms with E-state index in [2.05, 4.69) is 40.3 Å². The fourth-order valence-electron chi connectivity index (χ4n) is 2.41. The van der Waals surface area contributed by atoms with E-state index in [9.17, 15) is 0 Å². The number of hydrogen-bond acceptors (Lipinski definition) is 2. The van der Waals surface area contributed by atoms with Gasteiger partial charge in [0.2, 0.25) is 0 Å². The van der Waals surface area contributed by atoms with Crippen LogP contribution in [0.1, 0.15) is 0 Å². The zero-order valence-electron chi connectivity index (χ0n) is 11.2. The normalized spacial score (nSPS) is 10.5. The molecule has 0 amide bonds. The van der Waals surface area contributed by atoms with Crippen molar-refractivity contribution in [3.63, 3.8) is 0 Å². The molecule has 0 aliphatic heterocycles. The van der Waals surface area contributed by atoms with Crippen LogP contribution in [0.15, 0.2) is 60.9 Å². The molecule has 0 atom stereocenters. The molecular weight excluding hydrogens is 333 g/mol. The summed E-state index contributed by atoms with van der Waals surface area (Å²) in [6.07, 6.45) is 3.51. The Hall–Kier alpha value is -1.64. The molecule has 0 aliphatic rings. The van der Waals surface area contributed by atoms with Crippen LogP contribution in [0, 0.1) is 12.1 Å². The van der Waals surface area contributed by atoms with Crippen LogP contribution in [0.4, 0.5) is 0 Å². The molecule has 0 fully saturated rings. The molecule has 21 heavy (non-hydrogen) atoms. The SMILES string of the molecule is [Y].[c-]1cnc2ccccc2c1-c1[c-]c2ncccc2cc1. The Labute approximate surface area is 148 Å². The van der Waals surface area contributed by atoms with Crippen molar-refractivity contribution in [3.05, 3.63) is 73.1 Å². The summed E-state index contributed by atoms with van der Waals surface area (Å²) in [6, 6.07) is 22.8. The number of para-hydroxylation sites is 1. The molecular formula is C18H10N2Y-2. The second kappa shape index (κ2) is 6.01. The molecule has 2 nitrogen and oxygen atoms in total. The van der Waals surface area contributed by atoms with Gasteiger partial charge in [0.05, 0.1) is 0 Å². The number of nitrogens with zero attached hydrogens (tertiary/aromatic N) is 2. The minimum Gasteiger partial charge on any atom is -0.285 e. The maximum atomic E-state index is 4.36. The summed E-state index contributed by atoms with van der Waals surface area (Å²) in [6.45, 7) is 0. The van der Waals surface area contributed by atoms with E-state index >= 15 is 0 Å². The van der Waals surface area contributed by atoms with Gasteiger partial charge in [-0.1, -0.05) is 29.7 Å². The predicted molar refractivity (Wildman–Crippen MR) is 80.2 cm³/mol. The summed E-state index contributed by atoms with van der Waals surface area (Å²) >= 11 is 0. The zero-order chi connectivity index (χ0) is 13.4. The van der Waals surface area contributed by atoms with Crippen molar-refractivity contribution >= 4 is 21.8 Å². The molecule has 2 aromatic heterocycles. The Balaban J connectivity index is 0.00000132. The number of rotatable bonds is 1. The van der Waals surface area contributed by atoms with Crippen molar-refractivity contribution in [2.75, 3.05) is 0 Å². The fourth-order valence-corrected chi connectivity index (χ4v) is 2.41. The number of hydrogen-bond donors (Lipinski definition) is 0. The first-order valence-corrected chi connectivity index (χ1v) is 6.45. The van der Waals surface area contributed by atoms with Crippen LogP contribution in [-0.2, 0) is 32.7 Å². The number of pyridine rings is 2. The van der Waals surface area contributed by atoms with Gasteiger partial charge in [-0.3, -0.25) is 21.1 Å². The van der Waals surface area contributed by atoms with E-state index in [0.717, 1.165) is 32.9 Å². The van der Waals surface area contributed by atoms with Gasteiger partial charge in [0.1, 0.15) is 0 Å². The molecule has 4 aromatic rings. The number of fused-ring (bicyclic) bond motifs is 2. The average Bonchev–Trinajstić information content (AvgIpc) is 2.54. The Kier molecular flexibility index (Phi) is 4.09. The smallest absolute Gasteiger partial charge is 0.0247 e. The van der Waals surface area contributed by atoms with Gasteiger partial charge < -0.3 is 0 Å². The molecule has 1 radical (unpaired) electrons. The Morgan fingerprint density at radius 1 is 0.857 bits per heavy atom.